The summed E-state index contributed by atoms with van der Waals surface area (Å²) in [6, 6.07) is 5.65. The van der Waals surface area contributed by atoms with Gasteiger partial charge >= 0.3 is 5.97 Å². The SMILES string of the molecule is COC(=O)CCC(=O)NCC1OC(CC(=O)NCc2ccc(F)cc2)C(O)C1O. The van der Waals surface area contributed by atoms with E-state index in [9.17, 15) is 29.0 Å². The first-order valence-electron chi connectivity index (χ1n) is 9.16. The Morgan fingerprint density at radius 3 is 2.34 bits per heavy atom. The van der Waals surface area contributed by atoms with Crippen molar-refractivity contribution in [1.82, 2.24) is 10.6 Å². The number of aliphatic hydroxyl groups excluding tert-OH is 2. The van der Waals surface area contributed by atoms with Crippen LogP contribution in [0.25, 0.3) is 0 Å². The minimum Gasteiger partial charge on any atom is -0.469 e. The van der Waals surface area contributed by atoms with Gasteiger partial charge in [-0.15, -0.1) is 0 Å². The summed E-state index contributed by atoms with van der Waals surface area (Å²) < 4.78 is 22.8. The molecule has 1 heterocycles. The normalized spacial score (nSPS) is 23.4. The third-order valence-corrected chi connectivity index (χ3v) is 4.54. The lowest BCUT2D eigenvalue weighted by Crippen LogP contribution is -2.40. The van der Waals surface area contributed by atoms with Crippen molar-refractivity contribution in [2.45, 2.75) is 50.2 Å². The van der Waals surface area contributed by atoms with Gasteiger partial charge in [0.1, 0.15) is 24.1 Å². The maximum atomic E-state index is 12.9. The first-order chi connectivity index (χ1) is 13.8. The highest BCUT2D eigenvalue weighted by molar-refractivity contribution is 5.81. The van der Waals surface area contributed by atoms with Crippen LogP contribution in [0.5, 0.6) is 0 Å². The highest BCUT2D eigenvalue weighted by atomic mass is 19.1. The largest absolute Gasteiger partial charge is 0.469 e. The van der Waals surface area contributed by atoms with Gasteiger partial charge in [0.05, 0.1) is 26.1 Å². The summed E-state index contributed by atoms with van der Waals surface area (Å²) >= 11 is 0. The van der Waals surface area contributed by atoms with Gasteiger partial charge in [-0.05, 0) is 17.7 Å². The molecule has 1 aromatic rings. The number of nitrogens with one attached hydrogen (secondary N) is 2. The summed E-state index contributed by atoms with van der Waals surface area (Å²) in [5.41, 5.74) is 0.709. The van der Waals surface area contributed by atoms with Crippen molar-refractivity contribution in [1.29, 1.82) is 0 Å². The van der Waals surface area contributed by atoms with Gasteiger partial charge in [0, 0.05) is 19.5 Å². The molecule has 9 nitrogen and oxygen atoms in total. The molecule has 4 atom stereocenters. The Morgan fingerprint density at radius 2 is 1.69 bits per heavy atom. The summed E-state index contributed by atoms with van der Waals surface area (Å²) in [4.78, 5) is 34.8. The maximum absolute atomic E-state index is 12.9. The fourth-order valence-electron chi connectivity index (χ4n) is 2.84. The average Bonchev–Trinajstić information content (AvgIpc) is 2.97. The number of hydrogen-bond acceptors (Lipinski definition) is 7. The molecule has 1 fully saturated rings. The molecule has 2 amide bonds. The number of benzene rings is 1. The molecule has 0 bridgehead atoms. The molecule has 160 valence electrons. The molecule has 0 aliphatic carbocycles. The molecule has 0 saturated carbocycles. The van der Waals surface area contributed by atoms with Crippen LogP contribution in [-0.2, 0) is 30.4 Å². The fraction of sp³-hybridized carbons (Fsp3) is 0.526. The summed E-state index contributed by atoms with van der Waals surface area (Å²) in [5, 5.41) is 25.3. The van der Waals surface area contributed by atoms with Crippen molar-refractivity contribution in [3.8, 4) is 0 Å². The van der Waals surface area contributed by atoms with Gasteiger partial charge in [-0.25, -0.2) is 4.39 Å². The van der Waals surface area contributed by atoms with E-state index in [-0.39, 0.29) is 38.2 Å². The number of carbonyl (C=O) groups is 3. The van der Waals surface area contributed by atoms with E-state index in [2.05, 4.69) is 15.4 Å². The smallest absolute Gasteiger partial charge is 0.306 e. The van der Waals surface area contributed by atoms with Crippen molar-refractivity contribution in [2.75, 3.05) is 13.7 Å². The molecule has 4 unspecified atom stereocenters. The lowest BCUT2D eigenvalue weighted by atomic mass is 10.1. The highest BCUT2D eigenvalue weighted by Crippen LogP contribution is 2.23. The molecule has 29 heavy (non-hydrogen) atoms. The quantitative estimate of drug-likeness (QED) is 0.398. The van der Waals surface area contributed by atoms with Gasteiger partial charge in [-0.1, -0.05) is 12.1 Å². The predicted molar refractivity (Wildman–Crippen MR) is 97.8 cm³/mol. The lowest BCUT2D eigenvalue weighted by molar-refractivity contribution is -0.142. The van der Waals surface area contributed by atoms with Gasteiger partial charge in [-0.3, -0.25) is 14.4 Å². The monoisotopic (exact) mass is 412 g/mol. The van der Waals surface area contributed by atoms with Crippen LogP contribution in [0.1, 0.15) is 24.8 Å². The molecular formula is C19H25FN2O7. The van der Waals surface area contributed by atoms with E-state index in [1.807, 2.05) is 0 Å². The zero-order valence-electron chi connectivity index (χ0n) is 16.0. The van der Waals surface area contributed by atoms with Crippen molar-refractivity contribution < 1.29 is 38.5 Å². The van der Waals surface area contributed by atoms with Crippen LogP contribution in [0, 0.1) is 5.82 Å². The number of esters is 1. The maximum Gasteiger partial charge on any atom is 0.306 e. The Morgan fingerprint density at radius 1 is 1.03 bits per heavy atom. The van der Waals surface area contributed by atoms with Crippen molar-refractivity contribution in [2.24, 2.45) is 0 Å². The number of rotatable bonds is 9. The Kier molecular flexibility index (Phi) is 8.50. The molecule has 0 aromatic heterocycles. The molecule has 0 radical (unpaired) electrons. The van der Waals surface area contributed by atoms with Gasteiger partial charge < -0.3 is 30.3 Å². The Labute approximate surface area is 167 Å². The van der Waals surface area contributed by atoms with E-state index in [4.69, 9.17) is 4.74 Å². The first-order valence-corrected chi connectivity index (χ1v) is 9.16. The second-order valence-corrected chi connectivity index (χ2v) is 6.68. The van der Waals surface area contributed by atoms with Crippen LogP contribution in [0.3, 0.4) is 0 Å². The van der Waals surface area contributed by atoms with Crippen LogP contribution in [0.4, 0.5) is 4.39 Å². The number of amides is 2. The Bertz CT molecular complexity index is 713. The molecule has 1 aromatic carbocycles. The van der Waals surface area contributed by atoms with E-state index >= 15 is 0 Å². The molecule has 1 aliphatic heterocycles. The third kappa shape index (κ3) is 7.08. The van der Waals surface area contributed by atoms with E-state index in [0.29, 0.717) is 5.56 Å². The molecule has 0 spiro atoms. The van der Waals surface area contributed by atoms with Gasteiger partial charge in [0.2, 0.25) is 11.8 Å². The number of hydrogen-bond donors (Lipinski definition) is 4. The van der Waals surface area contributed by atoms with Crippen molar-refractivity contribution >= 4 is 17.8 Å². The topological polar surface area (TPSA) is 134 Å². The second kappa shape index (κ2) is 10.8. The molecule has 2 rings (SSSR count). The number of aliphatic hydroxyl groups is 2. The number of methoxy groups -OCH3 is 1. The van der Waals surface area contributed by atoms with Crippen LogP contribution >= 0.6 is 0 Å². The standard InChI is InChI=1S/C19H25FN2O7/c1-28-17(25)7-6-15(23)22-10-14-19(27)18(26)13(29-14)8-16(24)21-9-11-2-4-12(20)5-3-11/h2-5,13-14,18-19,26-27H,6-10H2,1H3,(H,21,24)(H,22,23). The second-order valence-electron chi connectivity index (χ2n) is 6.68. The molecule has 1 saturated heterocycles. The van der Waals surface area contributed by atoms with Crippen molar-refractivity contribution in [3.05, 3.63) is 35.6 Å². The summed E-state index contributed by atoms with van der Waals surface area (Å²) in [6.45, 7) is 0.107. The third-order valence-electron chi connectivity index (χ3n) is 4.54. The minimum atomic E-state index is -1.29. The Balaban J connectivity index is 1.74. The predicted octanol–water partition coefficient (Wildman–Crippen LogP) is -0.609. The molecule has 1 aliphatic rings. The van der Waals surface area contributed by atoms with E-state index in [1.54, 1.807) is 12.1 Å². The van der Waals surface area contributed by atoms with Crippen LogP contribution in [0.15, 0.2) is 24.3 Å². The zero-order chi connectivity index (χ0) is 21.4. The number of carbonyl (C=O) groups excluding carboxylic acids is 3. The molecule has 10 heteroatoms. The highest BCUT2D eigenvalue weighted by Gasteiger charge is 2.43. The number of ether oxygens (including phenoxy) is 2. The van der Waals surface area contributed by atoms with Gasteiger partial charge in [0.25, 0.3) is 0 Å². The summed E-state index contributed by atoms with van der Waals surface area (Å²) in [6.07, 6.45) is -4.72. The first kappa shape index (κ1) is 22.7. The van der Waals surface area contributed by atoms with E-state index < -0.39 is 42.2 Å². The van der Waals surface area contributed by atoms with E-state index in [1.165, 1.54) is 19.2 Å². The van der Waals surface area contributed by atoms with Crippen molar-refractivity contribution in [3.63, 3.8) is 0 Å². The summed E-state index contributed by atoms with van der Waals surface area (Å²) in [5.74, 6) is -1.73. The van der Waals surface area contributed by atoms with Crippen LogP contribution in [0.2, 0.25) is 0 Å². The minimum absolute atomic E-state index is 0.0735. The fourth-order valence-corrected chi connectivity index (χ4v) is 2.84. The molecular weight excluding hydrogens is 387 g/mol. The van der Waals surface area contributed by atoms with E-state index in [0.717, 1.165) is 0 Å². The molecule has 4 N–H and O–H groups in total. The van der Waals surface area contributed by atoms with Gasteiger partial charge in [0.15, 0.2) is 0 Å². The Hall–Kier alpha value is -2.56. The average molecular weight is 412 g/mol. The van der Waals surface area contributed by atoms with Crippen LogP contribution in [-0.4, -0.2) is 66.1 Å². The van der Waals surface area contributed by atoms with Crippen LogP contribution < -0.4 is 10.6 Å². The lowest BCUT2D eigenvalue weighted by Gasteiger charge is -2.15. The van der Waals surface area contributed by atoms with Gasteiger partial charge in [-0.2, -0.15) is 0 Å². The summed E-state index contributed by atoms with van der Waals surface area (Å²) in [7, 11) is 1.22. The zero-order valence-corrected chi connectivity index (χ0v) is 16.0. The number of halogens is 1.